The topological polar surface area (TPSA) is 67.9 Å². The minimum absolute atomic E-state index is 0.0480. The van der Waals surface area contributed by atoms with Gasteiger partial charge in [-0.3, -0.25) is 4.79 Å². The molecular weight excluding hydrogens is 206 g/mol. The highest BCUT2D eigenvalue weighted by atomic mass is 35.5. The Kier molecular flexibility index (Phi) is 2.32. The van der Waals surface area contributed by atoms with Crippen molar-refractivity contribution < 1.29 is 9.53 Å². The number of nitrogens with one attached hydrogen (secondary N) is 1. The summed E-state index contributed by atoms with van der Waals surface area (Å²) < 4.78 is 5.08. The van der Waals surface area contributed by atoms with Crippen LogP contribution in [-0.2, 0) is 4.79 Å². The Hall–Kier alpha value is -1.62. The molecule has 72 valence electrons. The van der Waals surface area contributed by atoms with Crippen molar-refractivity contribution in [1.82, 2.24) is 15.0 Å². The molecule has 6 heteroatoms. The number of aromatic nitrogens is 3. The molecule has 2 rings (SSSR count). The van der Waals surface area contributed by atoms with Crippen molar-refractivity contribution in [3.63, 3.8) is 0 Å². The van der Waals surface area contributed by atoms with Crippen LogP contribution in [0.2, 0.25) is 5.28 Å². The van der Waals surface area contributed by atoms with E-state index in [1.807, 2.05) is 0 Å². The van der Waals surface area contributed by atoms with Gasteiger partial charge < -0.3 is 9.72 Å². The maximum atomic E-state index is 10.1. The van der Waals surface area contributed by atoms with Crippen LogP contribution >= 0.6 is 11.6 Å². The van der Waals surface area contributed by atoms with Crippen molar-refractivity contribution in [3.8, 4) is 5.88 Å². The molecule has 5 nitrogen and oxygen atoms in total. The van der Waals surface area contributed by atoms with Gasteiger partial charge in [0.25, 0.3) is 0 Å². The maximum Gasteiger partial charge on any atom is 0.227 e. The summed E-state index contributed by atoms with van der Waals surface area (Å²) in [6.07, 6.45) is 2.35. The Labute approximate surface area is 84.1 Å². The largest absolute Gasteiger partial charge is 0.469 e. The van der Waals surface area contributed by atoms with Gasteiger partial charge in [-0.2, -0.15) is 9.97 Å². The molecule has 0 saturated carbocycles. The maximum absolute atomic E-state index is 10.1. The Balaban J connectivity index is 2.49. The van der Waals surface area contributed by atoms with Crippen molar-refractivity contribution in [1.29, 1.82) is 0 Å². The molecule has 2 heterocycles. The number of fused-ring (bicyclic) bond motifs is 1. The predicted molar refractivity (Wildman–Crippen MR) is 50.5 cm³/mol. The summed E-state index contributed by atoms with van der Waals surface area (Å²) in [7, 11) is 0. The first-order valence-electron chi connectivity index (χ1n) is 3.88. The van der Waals surface area contributed by atoms with E-state index in [1.54, 1.807) is 12.3 Å². The number of hydrogen-bond acceptors (Lipinski definition) is 4. The standard InChI is InChI=1S/C8H6ClN3O2/c9-8-11-6-5(1-2-10-6)7(12-8)14-4-3-13/h1-3H,4H2,(H,10,11,12). The highest BCUT2D eigenvalue weighted by Crippen LogP contribution is 2.22. The SMILES string of the molecule is O=CCOc1nc(Cl)nc2[nH]ccc12. The molecule has 0 radical (unpaired) electrons. The van der Waals surface area contributed by atoms with E-state index in [0.29, 0.717) is 23.2 Å². The average molecular weight is 212 g/mol. The molecule has 0 spiro atoms. The molecule has 14 heavy (non-hydrogen) atoms. The van der Waals surface area contributed by atoms with E-state index in [0.717, 1.165) is 0 Å². The summed E-state index contributed by atoms with van der Waals surface area (Å²) in [6, 6.07) is 1.76. The fraction of sp³-hybridized carbons (Fsp3) is 0.125. The molecule has 0 amide bonds. The van der Waals surface area contributed by atoms with Gasteiger partial charge in [0.2, 0.25) is 11.2 Å². The molecule has 0 bridgehead atoms. The number of H-pyrrole nitrogens is 1. The minimum atomic E-state index is -0.0480. The van der Waals surface area contributed by atoms with E-state index < -0.39 is 0 Å². The fourth-order valence-electron chi connectivity index (χ4n) is 1.11. The molecule has 0 aliphatic rings. The Morgan fingerprint density at radius 3 is 3.21 bits per heavy atom. The van der Waals surface area contributed by atoms with Crippen LogP contribution in [0, 0.1) is 0 Å². The zero-order valence-corrected chi connectivity index (χ0v) is 7.78. The Bertz CT molecular complexity index is 469. The highest BCUT2D eigenvalue weighted by molar-refractivity contribution is 6.28. The molecule has 0 atom stereocenters. The molecule has 2 aromatic rings. The molecule has 1 N–H and O–H groups in total. The molecule has 2 aromatic heterocycles. The van der Waals surface area contributed by atoms with Gasteiger partial charge in [0, 0.05) is 6.20 Å². The number of halogens is 1. The Morgan fingerprint density at radius 2 is 2.43 bits per heavy atom. The normalized spacial score (nSPS) is 10.4. The van der Waals surface area contributed by atoms with Gasteiger partial charge in [0.1, 0.15) is 12.3 Å². The Morgan fingerprint density at radius 1 is 1.57 bits per heavy atom. The molecule has 0 aliphatic carbocycles. The first-order chi connectivity index (χ1) is 6.81. The number of hydrogen-bond donors (Lipinski definition) is 1. The molecule has 0 saturated heterocycles. The molecule has 0 fully saturated rings. The van der Waals surface area contributed by atoms with Gasteiger partial charge in [-0.25, -0.2) is 0 Å². The lowest BCUT2D eigenvalue weighted by Gasteiger charge is -2.01. The second kappa shape index (κ2) is 3.63. The van der Waals surface area contributed by atoms with Crippen LogP contribution in [-0.4, -0.2) is 27.8 Å². The summed E-state index contributed by atoms with van der Waals surface area (Å²) >= 11 is 5.65. The van der Waals surface area contributed by atoms with Crippen molar-refractivity contribution >= 4 is 28.9 Å². The molecular formula is C8H6ClN3O2. The van der Waals surface area contributed by atoms with Gasteiger partial charge in [-0.1, -0.05) is 0 Å². The number of carbonyl (C=O) groups excluding carboxylic acids is 1. The molecule has 0 aromatic carbocycles. The lowest BCUT2D eigenvalue weighted by Crippen LogP contribution is -2.00. The summed E-state index contributed by atoms with van der Waals surface area (Å²) in [5.41, 5.74) is 0.589. The van der Waals surface area contributed by atoms with Gasteiger partial charge in [-0.05, 0) is 17.7 Å². The van der Waals surface area contributed by atoms with Gasteiger partial charge in [0.05, 0.1) is 5.39 Å². The summed E-state index contributed by atoms with van der Waals surface area (Å²) in [5.74, 6) is 0.313. The lowest BCUT2D eigenvalue weighted by molar-refractivity contribution is -0.109. The number of ether oxygens (including phenoxy) is 1. The van der Waals surface area contributed by atoms with Crippen molar-refractivity contribution in [2.75, 3.05) is 6.61 Å². The van der Waals surface area contributed by atoms with E-state index in [-0.39, 0.29) is 11.9 Å². The van der Waals surface area contributed by atoms with Gasteiger partial charge in [0.15, 0.2) is 6.29 Å². The quantitative estimate of drug-likeness (QED) is 0.612. The van der Waals surface area contributed by atoms with Crippen LogP contribution in [0.1, 0.15) is 0 Å². The van der Waals surface area contributed by atoms with Crippen molar-refractivity contribution in [2.24, 2.45) is 0 Å². The van der Waals surface area contributed by atoms with Gasteiger partial charge >= 0.3 is 0 Å². The average Bonchev–Trinajstić information content (AvgIpc) is 2.61. The number of nitrogens with zero attached hydrogens (tertiary/aromatic N) is 2. The summed E-state index contributed by atoms with van der Waals surface area (Å²) in [6.45, 7) is -0.0480. The van der Waals surface area contributed by atoms with Crippen LogP contribution in [0.25, 0.3) is 11.0 Å². The third-order valence-electron chi connectivity index (χ3n) is 1.64. The zero-order valence-electron chi connectivity index (χ0n) is 7.03. The number of aldehydes is 1. The van der Waals surface area contributed by atoms with E-state index in [1.165, 1.54) is 0 Å². The molecule has 0 aliphatic heterocycles. The number of rotatable bonds is 3. The smallest absolute Gasteiger partial charge is 0.227 e. The number of aromatic amines is 1. The van der Waals surface area contributed by atoms with E-state index >= 15 is 0 Å². The van der Waals surface area contributed by atoms with E-state index in [4.69, 9.17) is 16.3 Å². The monoisotopic (exact) mass is 211 g/mol. The first-order valence-corrected chi connectivity index (χ1v) is 4.26. The van der Waals surface area contributed by atoms with Crippen LogP contribution < -0.4 is 4.74 Å². The first kappa shape index (κ1) is 8.96. The lowest BCUT2D eigenvalue weighted by atomic mass is 10.4. The second-order valence-electron chi connectivity index (χ2n) is 2.52. The van der Waals surface area contributed by atoms with Crippen LogP contribution in [0.5, 0.6) is 5.88 Å². The van der Waals surface area contributed by atoms with E-state index in [9.17, 15) is 4.79 Å². The van der Waals surface area contributed by atoms with Crippen LogP contribution in [0.15, 0.2) is 12.3 Å². The summed E-state index contributed by atoms with van der Waals surface area (Å²) in [5, 5.41) is 0.789. The predicted octanol–water partition coefficient (Wildman–Crippen LogP) is 1.19. The third kappa shape index (κ3) is 1.54. The van der Waals surface area contributed by atoms with Crippen LogP contribution in [0.3, 0.4) is 0 Å². The minimum Gasteiger partial charge on any atom is -0.469 e. The van der Waals surface area contributed by atoms with Gasteiger partial charge in [-0.15, -0.1) is 0 Å². The molecule has 0 unspecified atom stereocenters. The number of carbonyl (C=O) groups is 1. The second-order valence-corrected chi connectivity index (χ2v) is 2.85. The third-order valence-corrected chi connectivity index (χ3v) is 1.81. The summed E-state index contributed by atoms with van der Waals surface area (Å²) in [4.78, 5) is 20.8. The van der Waals surface area contributed by atoms with Crippen molar-refractivity contribution in [2.45, 2.75) is 0 Å². The highest BCUT2D eigenvalue weighted by Gasteiger charge is 2.07. The fourth-order valence-corrected chi connectivity index (χ4v) is 1.27. The van der Waals surface area contributed by atoms with Crippen LogP contribution in [0.4, 0.5) is 0 Å². The van der Waals surface area contributed by atoms with Crippen molar-refractivity contribution in [3.05, 3.63) is 17.5 Å². The zero-order chi connectivity index (χ0) is 9.97. The van der Waals surface area contributed by atoms with E-state index in [2.05, 4.69) is 15.0 Å².